The number of aromatic nitrogens is 2. The van der Waals surface area contributed by atoms with Crippen molar-refractivity contribution in [1.29, 1.82) is 0 Å². The van der Waals surface area contributed by atoms with Crippen LogP contribution in [0.4, 0.5) is 11.8 Å². The zero-order chi connectivity index (χ0) is 13.3. The van der Waals surface area contributed by atoms with Gasteiger partial charge in [0.2, 0.25) is 5.95 Å². The number of anilines is 2. The second-order valence-corrected chi connectivity index (χ2v) is 5.84. The van der Waals surface area contributed by atoms with Crippen LogP contribution in [0.5, 0.6) is 0 Å². The number of likely N-dealkylation sites (N-methyl/N-ethyl adjacent to an activating group) is 1. The van der Waals surface area contributed by atoms with E-state index in [0.29, 0.717) is 11.9 Å². The smallest absolute Gasteiger partial charge is 0.222 e. The van der Waals surface area contributed by atoms with Crippen molar-refractivity contribution in [3.05, 3.63) is 11.8 Å². The van der Waals surface area contributed by atoms with E-state index in [2.05, 4.69) is 47.0 Å². The van der Waals surface area contributed by atoms with Gasteiger partial charge in [-0.05, 0) is 26.3 Å². The number of rotatable bonds is 4. The van der Waals surface area contributed by atoms with Crippen LogP contribution in [-0.4, -0.2) is 35.6 Å². The lowest BCUT2D eigenvalue weighted by Gasteiger charge is -2.48. The van der Waals surface area contributed by atoms with E-state index in [-0.39, 0.29) is 5.54 Å². The Morgan fingerprint density at radius 2 is 2.11 bits per heavy atom. The minimum atomic E-state index is 0.192. The molecule has 0 aliphatic carbocycles. The summed E-state index contributed by atoms with van der Waals surface area (Å²) in [6, 6.07) is 2.06. The largest absolute Gasteiger partial charge is 0.368 e. The molecule has 0 atom stereocenters. The molecule has 1 aliphatic heterocycles. The van der Waals surface area contributed by atoms with Crippen LogP contribution in [0.25, 0.3) is 0 Å². The molecular weight excluding hydrogens is 226 g/mol. The molecule has 1 aromatic heterocycles. The Labute approximate surface area is 109 Å². The van der Waals surface area contributed by atoms with Gasteiger partial charge >= 0.3 is 0 Å². The van der Waals surface area contributed by atoms with Crippen molar-refractivity contribution < 1.29 is 0 Å². The Morgan fingerprint density at radius 3 is 2.67 bits per heavy atom. The summed E-state index contributed by atoms with van der Waals surface area (Å²) < 4.78 is 0. The normalized spacial score (nSPS) is 17.9. The quantitative estimate of drug-likeness (QED) is 0.835. The molecule has 18 heavy (non-hydrogen) atoms. The summed E-state index contributed by atoms with van der Waals surface area (Å²) in [5.41, 5.74) is 7.01. The summed E-state index contributed by atoms with van der Waals surface area (Å²) in [6.07, 6.45) is 0.941. The Balaban J connectivity index is 2.12. The summed E-state index contributed by atoms with van der Waals surface area (Å²) in [7, 11) is 2.00. The third-order valence-corrected chi connectivity index (χ3v) is 3.41. The molecular formula is C13H23N5. The maximum Gasteiger partial charge on any atom is 0.222 e. The molecule has 0 saturated carbocycles. The highest BCUT2D eigenvalue weighted by atomic mass is 15.3. The van der Waals surface area contributed by atoms with E-state index in [4.69, 9.17) is 5.73 Å². The highest BCUT2D eigenvalue weighted by molar-refractivity contribution is 5.48. The SMILES string of the molecule is CNC1(C)CN(c2cc(CC(C)C)nc(N)n2)C1. The van der Waals surface area contributed by atoms with Gasteiger partial charge in [-0.3, -0.25) is 0 Å². The van der Waals surface area contributed by atoms with Crippen LogP contribution in [-0.2, 0) is 6.42 Å². The summed E-state index contributed by atoms with van der Waals surface area (Å²) in [5.74, 6) is 1.90. The average molecular weight is 249 g/mol. The van der Waals surface area contributed by atoms with Crippen LogP contribution in [0.1, 0.15) is 26.5 Å². The third-order valence-electron chi connectivity index (χ3n) is 3.41. The number of nitrogens with two attached hydrogens (primary N) is 1. The second kappa shape index (κ2) is 4.72. The molecule has 0 bridgehead atoms. The molecule has 2 heterocycles. The topological polar surface area (TPSA) is 67.1 Å². The summed E-state index contributed by atoms with van der Waals surface area (Å²) in [6.45, 7) is 8.49. The molecule has 1 fully saturated rings. The molecule has 5 heteroatoms. The Morgan fingerprint density at radius 1 is 1.44 bits per heavy atom. The fourth-order valence-electron chi connectivity index (χ4n) is 2.30. The molecule has 5 nitrogen and oxygen atoms in total. The van der Waals surface area contributed by atoms with Crippen molar-refractivity contribution >= 4 is 11.8 Å². The fourth-order valence-corrected chi connectivity index (χ4v) is 2.30. The van der Waals surface area contributed by atoms with Gasteiger partial charge in [-0.25, -0.2) is 4.98 Å². The van der Waals surface area contributed by atoms with Crippen LogP contribution in [0, 0.1) is 5.92 Å². The minimum Gasteiger partial charge on any atom is -0.368 e. The first-order chi connectivity index (χ1) is 8.42. The standard InChI is InChI=1S/C13H23N5/c1-9(2)5-10-6-11(17-12(14)16-10)18-7-13(3,8-18)15-4/h6,9,15H,5,7-8H2,1-4H3,(H2,14,16,17). The zero-order valence-corrected chi connectivity index (χ0v) is 11.7. The van der Waals surface area contributed by atoms with Crippen molar-refractivity contribution in [3.63, 3.8) is 0 Å². The number of nitrogen functional groups attached to an aromatic ring is 1. The van der Waals surface area contributed by atoms with Crippen LogP contribution in [0.2, 0.25) is 0 Å². The number of nitrogens with one attached hydrogen (secondary N) is 1. The van der Waals surface area contributed by atoms with Gasteiger partial charge < -0.3 is 16.0 Å². The monoisotopic (exact) mass is 249 g/mol. The van der Waals surface area contributed by atoms with Crippen LogP contribution < -0.4 is 16.0 Å². The average Bonchev–Trinajstić information content (AvgIpc) is 2.22. The van der Waals surface area contributed by atoms with Crippen molar-refractivity contribution in [2.24, 2.45) is 5.92 Å². The lowest BCUT2D eigenvalue weighted by molar-refractivity contribution is 0.301. The zero-order valence-electron chi connectivity index (χ0n) is 11.7. The predicted molar refractivity (Wildman–Crippen MR) is 74.7 cm³/mol. The van der Waals surface area contributed by atoms with E-state index in [1.807, 2.05) is 7.05 Å². The highest BCUT2D eigenvalue weighted by Crippen LogP contribution is 2.26. The van der Waals surface area contributed by atoms with Gasteiger partial charge in [0.1, 0.15) is 5.82 Å². The maximum absolute atomic E-state index is 5.79. The lowest BCUT2D eigenvalue weighted by atomic mass is 9.92. The molecule has 0 spiro atoms. The summed E-state index contributed by atoms with van der Waals surface area (Å²) in [5, 5.41) is 3.32. The van der Waals surface area contributed by atoms with Gasteiger partial charge in [-0.2, -0.15) is 4.98 Å². The van der Waals surface area contributed by atoms with Crippen LogP contribution >= 0.6 is 0 Å². The van der Waals surface area contributed by atoms with Crippen LogP contribution in [0.15, 0.2) is 6.07 Å². The lowest BCUT2D eigenvalue weighted by Crippen LogP contribution is -2.67. The molecule has 1 saturated heterocycles. The molecule has 0 amide bonds. The number of hydrogen-bond acceptors (Lipinski definition) is 5. The molecule has 0 radical (unpaired) electrons. The molecule has 0 aromatic carbocycles. The van der Waals surface area contributed by atoms with E-state index in [9.17, 15) is 0 Å². The van der Waals surface area contributed by atoms with Gasteiger partial charge in [0.25, 0.3) is 0 Å². The first kappa shape index (κ1) is 13.1. The molecule has 100 valence electrons. The third kappa shape index (κ3) is 2.72. The Kier molecular flexibility index (Phi) is 3.43. The van der Waals surface area contributed by atoms with Gasteiger partial charge in [0, 0.05) is 24.8 Å². The fraction of sp³-hybridized carbons (Fsp3) is 0.692. The molecule has 2 rings (SSSR count). The van der Waals surface area contributed by atoms with Crippen molar-refractivity contribution in [2.45, 2.75) is 32.7 Å². The van der Waals surface area contributed by atoms with Gasteiger partial charge in [-0.15, -0.1) is 0 Å². The summed E-state index contributed by atoms with van der Waals surface area (Å²) in [4.78, 5) is 10.9. The van der Waals surface area contributed by atoms with Crippen molar-refractivity contribution in [3.8, 4) is 0 Å². The molecule has 0 unspecified atom stereocenters. The van der Waals surface area contributed by atoms with Gasteiger partial charge in [-0.1, -0.05) is 13.8 Å². The van der Waals surface area contributed by atoms with Crippen molar-refractivity contribution in [2.75, 3.05) is 30.8 Å². The number of hydrogen-bond donors (Lipinski definition) is 2. The van der Waals surface area contributed by atoms with E-state index >= 15 is 0 Å². The van der Waals surface area contributed by atoms with E-state index < -0.39 is 0 Å². The summed E-state index contributed by atoms with van der Waals surface area (Å²) >= 11 is 0. The molecule has 3 N–H and O–H groups in total. The van der Waals surface area contributed by atoms with Gasteiger partial charge in [0.05, 0.1) is 5.54 Å². The van der Waals surface area contributed by atoms with E-state index in [0.717, 1.165) is 31.0 Å². The maximum atomic E-state index is 5.79. The first-order valence-electron chi connectivity index (χ1n) is 6.49. The van der Waals surface area contributed by atoms with Crippen molar-refractivity contribution in [1.82, 2.24) is 15.3 Å². The Bertz CT molecular complexity index is 423. The Hall–Kier alpha value is -1.36. The first-order valence-corrected chi connectivity index (χ1v) is 6.49. The number of nitrogens with zero attached hydrogens (tertiary/aromatic N) is 3. The van der Waals surface area contributed by atoms with E-state index in [1.54, 1.807) is 0 Å². The van der Waals surface area contributed by atoms with Gasteiger partial charge in [0.15, 0.2) is 0 Å². The second-order valence-electron chi connectivity index (χ2n) is 5.84. The van der Waals surface area contributed by atoms with E-state index in [1.165, 1.54) is 0 Å². The molecule has 1 aromatic rings. The highest BCUT2D eigenvalue weighted by Gasteiger charge is 2.38. The minimum absolute atomic E-state index is 0.192. The molecule has 1 aliphatic rings. The predicted octanol–water partition coefficient (Wildman–Crippen LogP) is 1.06. The van der Waals surface area contributed by atoms with Crippen LogP contribution in [0.3, 0.4) is 0 Å².